The second kappa shape index (κ2) is 8.49. The van der Waals surface area contributed by atoms with E-state index in [2.05, 4.69) is 15.6 Å². The third-order valence-electron chi connectivity index (χ3n) is 5.04. The summed E-state index contributed by atoms with van der Waals surface area (Å²) >= 11 is 1.37. The van der Waals surface area contributed by atoms with Crippen LogP contribution in [0.5, 0.6) is 0 Å². The highest BCUT2D eigenvalue weighted by Crippen LogP contribution is 2.28. The Hall–Kier alpha value is -2.12. The summed E-state index contributed by atoms with van der Waals surface area (Å²) in [5, 5.41) is 7.21. The maximum Gasteiger partial charge on any atom is 0.252 e. The fourth-order valence-corrected chi connectivity index (χ4v) is 4.18. The van der Waals surface area contributed by atoms with Crippen LogP contribution < -0.4 is 10.6 Å². The van der Waals surface area contributed by atoms with Crippen LogP contribution in [0, 0.1) is 0 Å². The highest BCUT2D eigenvalue weighted by atomic mass is 32.2. The predicted octanol–water partition coefficient (Wildman–Crippen LogP) is 2.90. The van der Waals surface area contributed by atoms with E-state index < -0.39 is 0 Å². The SMILES string of the molecule is C[C@@H](Sc1cc(C(=O)NC2CC2)c2ccccc2n1)C(=O)NC[C@H]1CCCO1. The van der Waals surface area contributed by atoms with E-state index in [0.717, 1.165) is 43.2 Å². The molecular formula is C21H25N3O3S. The molecule has 7 heteroatoms. The summed E-state index contributed by atoms with van der Waals surface area (Å²) in [6.07, 6.45) is 4.25. The van der Waals surface area contributed by atoms with Crippen LogP contribution in [-0.4, -0.2) is 47.3 Å². The zero-order chi connectivity index (χ0) is 19.5. The van der Waals surface area contributed by atoms with Crippen LogP contribution in [-0.2, 0) is 9.53 Å². The number of aromatic nitrogens is 1. The number of amides is 2. The highest BCUT2D eigenvalue weighted by molar-refractivity contribution is 8.00. The molecule has 2 aliphatic rings. The molecule has 2 N–H and O–H groups in total. The van der Waals surface area contributed by atoms with Crippen LogP contribution in [0.2, 0.25) is 0 Å². The number of carbonyl (C=O) groups is 2. The molecule has 1 aromatic heterocycles. The smallest absolute Gasteiger partial charge is 0.252 e. The lowest BCUT2D eigenvalue weighted by molar-refractivity contribution is -0.120. The van der Waals surface area contributed by atoms with E-state index in [1.807, 2.05) is 31.2 Å². The summed E-state index contributed by atoms with van der Waals surface area (Å²) in [6, 6.07) is 9.72. The van der Waals surface area contributed by atoms with E-state index >= 15 is 0 Å². The van der Waals surface area contributed by atoms with E-state index in [-0.39, 0.29) is 29.2 Å². The average molecular weight is 400 g/mol. The summed E-state index contributed by atoms with van der Waals surface area (Å²) in [6.45, 7) is 3.18. The van der Waals surface area contributed by atoms with Gasteiger partial charge in [-0.3, -0.25) is 9.59 Å². The van der Waals surface area contributed by atoms with Crippen LogP contribution in [0.3, 0.4) is 0 Å². The molecule has 2 amide bonds. The predicted molar refractivity (Wildman–Crippen MR) is 110 cm³/mol. The van der Waals surface area contributed by atoms with E-state index in [1.54, 1.807) is 6.07 Å². The van der Waals surface area contributed by atoms with Crippen LogP contribution in [0.25, 0.3) is 10.9 Å². The Morgan fingerprint density at radius 3 is 2.86 bits per heavy atom. The van der Waals surface area contributed by atoms with Gasteiger partial charge in [-0.25, -0.2) is 4.98 Å². The molecule has 1 aromatic carbocycles. The van der Waals surface area contributed by atoms with Crippen molar-refractivity contribution in [2.24, 2.45) is 0 Å². The minimum atomic E-state index is -0.311. The van der Waals surface area contributed by atoms with Gasteiger partial charge in [0.2, 0.25) is 5.91 Å². The topological polar surface area (TPSA) is 80.3 Å². The average Bonchev–Trinajstić information content (AvgIpc) is 3.35. The lowest BCUT2D eigenvalue weighted by atomic mass is 10.1. The summed E-state index contributed by atoms with van der Waals surface area (Å²) in [5.41, 5.74) is 1.38. The number of fused-ring (bicyclic) bond motifs is 1. The van der Waals surface area contributed by atoms with Crippen LogP contribution in [0.1, 0.15) is 43.0 Å². The Morgan fingerprint density at radius 2 is 2.11 bits per heavy atom. The number of carbonyl (C=O) groups excluding carboxylic acids is 2. The van der Waals surface area contributed by atoms with Crippen molar-refractivity contribution in [3.05, 3.63) is 35.9 Å². The van der Waals surface area contributed by atoms with Crippen molar-refractivity contribution in [1.82, 2.24) is 15.6 Å². The van der Waals surface area contributed by atoms with E-state index in [9.17, 15) is 9.59 Å². The van der Waals surface area contributed by atoms with Gasteiger partial charge in [0, 0.05) is 24.6 Å². The number of benzene rings is 1. The Balaban J connectivity index is 1.47. The van der Waals surface area contributed by atoms with Gasteiger partial charge < -0.3 is 15.4 Å². The highest BCUT2D eigenvalue weighted by Gasteiger charge is 2.25. The van der Waals surface area contributed by atoms with Crippen LogP contribution in [0.15, 0.2) is 35.4 Å². The minimum Gasteiger partial charge on any atom is -0.376 e. The van der Waals surface area contributed by atoms with E-state index in [0.29, 0.717) is 17.1 Å². The van der Waals surface area contributed by atoms with Crippen molar-refractivity contribution in [3.8, 4) is 0 Å². The van der Waals surface area contributed by atoms with Gasteiger partial charge in [-0.15, -0.1) is 0 Å². The number of para-hydroxylation sites is 1. The third kappa shape index (κ3) is 4.64. The molecule has 28 heavy (non-hydrogen) atoms. The lowest BCUT2D eigenvalue weighted by Crippen LogP contribution is -2.36. The van der Waals surface area contributed by atoms with Crippen LogP contribution >= 0.6 is 11.8 Å². The number of pyridine rings is 1. The Morgan fingerprint density at radius 1 is 1.29 bits per heavy atom. The van der Waals surface area contributed by atoms with Gasteiger partial charge in [0.05, 0.1) is 27.5 Å². The summed E-state index contributed by atoms with van der Waals surface area (Å²) in [5.74, 6) is -0.113. The molecule has 2 heterocycles. The Labute approximate surface area is 168 Å². The first-order chi connectivity index (χ1) is 13.6. The van der Waals surface area contributed by atoms with E-state index in [4.69, 9.17) is 4.74 Å². The molecule has 0 bridgehead atoms. The van der Waals surface area contributed by atoms with E-state index in [1.165, 1.54) is 11.8 Å². The monoisotopic (exact) mass is 399 g/mol. The zero-order valence-electron chi connectivity index (χ0n) is 15.9. The molecule has 0 radical (unpaired) electrons. The van der Waals surface area contributed by atoms with Gasteiger partial charge >= 0.3 is 0 Å². The number of nitrogens with zero attached hydrogens (tertiary/aromatic N) is 1. The Kier molecular flexibility index (Phi) is 5.82. The summed E-state index contributed by atoms with van der Waals surface area (Å²) < 4.78 is 5.55. The van der Waals surface area contributed by atoms with Crippen molar-refractivity contribution in [3.63, 3.8) is 0 Å². The van der Waals surface area contributed by atoms with Crippen molar-refractivity contribution >= 4 is 34.5 Å². The first kappa shape index (κ1) is 19.2. The standard InChI is InChI=1S/C21H25N3O3S/c1-13(20(25)22-12-15-5-4-10-27-15)28-19-11-17(21(26)23-14-8-9-14)16-6-2-3-7-18(16)24-19/h2-3,6-7,11,13-15H,4-5,8-10,12H2,1H3,(H,22,25)(H,23,26)/t13-,15-/m1/s1. The van der Waals surface area contributed by atoms with Crippen molar-refractivity contribution in [2.75, 3.05) is 13.2 Å². The molecule has 1 aliphatic heterocycles. The molecule has 1 saturated carbocycles. The second-order valence-electron chi connectivity index (χ2n) is 7.41. The molecule has 2 aromatic rings. The summed E-state index contributed by atoms with van der Waals surface area (Å²) in [4.78, 5) is 29.8. The Bertz CT molecular complexity index is 878. The number of hydrogen-bond acceptors (Lipinski definition) is 5. The molecule has 1 aliphatic carbocycles. The maximum absolute atomic E-state index is 12.7. The molecular weight excluding hydrogens is 374 g/mol. The number of ether oxygens (including phenoxy) is 1. The first-order valence-corrected chi connectivity index (χ1v) is 10.7. The largest absolute Gasteiger partial charge is 0.376 e. The van der Waals surface area contributed by atoms with Gasteiger partial charge in [-0.2, -0.15) is 0 Å². The zero-order valence-corrected chi connectivity index (χ0v) is 16.8. The molecule has 2 atom stereocenters. The molecule has 0 spiro atoms. The third-order valence-corrected chi connectivity index (χ3v) is 6.06. The number of hydrogen-bond donors (Lipinski definition) is 2. The van der Waals surface area contributed by atoms with Crippen molar-refractivity contribution < 1.29 is 14.3 Å². The molecule has 1 saturated heterocycles. The van der Waals surface area contributed by atoms with Crippen molar-refractivity contribution in [1.29, 1.82) is 0 Å². The molecule has 6 nitrogen and oxygen atoms in total. The molecule has 2 fully saturated rings. The molecule has 4 rings (SSSR count). The normalized spacial score (nSPS) is 20.1. The van der Waals surface area contributed by atoms with Gasteiger partial charge in [-0.05, 0) is 44.7 Å². The lowest BCUT2D eigenvalue weighted by Gasteiger charge is -2.15. The minimum absolute atomic E-state index is 0.0422. The van der Waals surface area contributed by atoms with Gasteiger partial charge in [0.1, 0.15) is 0 Å². The first-order valence-electron chi connectivity index (χ1n) is 9.87. The maximum atomic E-state index is 12.7. The quantitative estimate of drug-likeness (QED) is 0.700. The number of thioether (sulfide) groups is 1. The van der Waals surface area contributed by atoms with Crippen LogP contribution in [0.4, 0.5) is 0 Å². The van der Waals surface area contributed by atoms with Gasteiger partial charge in [-0.1, -0.05) is 30.0 Å². The van der Waals surface area contributed by atoms with Crippen molar-refractivity contribution in [2.45, 2.75) is 55.0 Å². The number of nitrogens with one attached hydrogen (secondary N) is 2. The van der Waals surface area contributed by atoms with Gasteiger partial charge in [0.15, 0.2) is 0 Å². The van der Waals surface area contributed by atoms with Gasteiger partial charge in [0.25, 0.3) is 5.91 Å². The molecule has 148 valence electrons. The fraction of sp³-hybridized carbons (Fsp3) is 0.476. The summed E-state index contributed by atoms with van der Waals surface area (Å²) in [7, 11) is 0. The number of rotatable bonds is 7. The second-order valence-corrected chi connectivity index (χ2v) is 8.77. The molecule has 0 unspecified atom stereocenters. The fourth-order valence-electron chi connectivity index (χ4n) is 3.29.